The first-order valence-corrected chi connectivity index (χ1v) is 4.02. The Hall–Kier alpha value is -1.31. The van der Waals surface area contributed by atoms with Crippen LogP contribution in [0.3, 0.4) is 0 Å². The minimum atomic E-state index is 0.417. The summed E-state index contributed by atoms with van der Waals surface area (Å²) < 4.78 is 0. The van der Waals surface area contributed by atoms with Crippen molar-refractivity contribution in [2.75, 3.05) is 0 Å². The van der Waals surface area contributed by atoms with Crippen LogP contribution in [0.25, 0.3) is 12.7 Å². The monoisotopic (exact) mass is 162 g/mol. The molecule has 0 radical (unpaired) electrons. The Kier molecular flexibility index (Phi) is 2.48. The number of allylic oxidation sites excluding steroid dienone is 1. The Bertz CT molecular complexity index is 371. The van der Waals surface area contributed by atoms with E-state index >= 15 is 0 Å². The molecule has 12 heavy (non-hydrogen) atoms. The molecule has 0 aliphatic carbocycles. The highest BCUT2D eigenvalue weighted by atomic mass is 15.1. The fourth-order valence-electron chi connectivity index (χ4n) is 1.13. The molecule has 0 aliphatic rings. The summed E-state index contributed by atoms with van der Waals surface area (Å²) >= 11 is 0. The predicted molar refractivity (Wildman–Crippen MR) is 52.1 cm³/mol. The van der Waals surface area contributed by atoms with Gasteiger partial charge in [-0.2, -0.15) is 5.10 Å². The average Bonchev–Trinajstić information content (AvgIpc) is 2.34. The van der Waals surface area contributed by atoms with Crippen LogP contribution < -0.4 is 10.6 Å². The molecule has 0 amide bonds. The molecule has 1 rings (SSSR count). The molecule has 0 unspecified atom stereocenters. The van der Waals surface area contributed by atoms with E-state index < -0.39 is 0 Å². The number of nitrogens with zero attached hydrogens (tertiary/aromatic N) is 1. The van der Waals surface area contributed by atoms with E-state index in [1.165, 1.54) is 0 Å². The minimum Gasteiger partial charge on any atom is -0.278 e. The zero-order chi connectivity index (χ0) is 9.14. The number of rotatable bonds is 2. The predicted octanol–water partition coefficient (Wildman–Crippen LogP) is 0.910. The van der Waals surface area contributed by atoms with Crippen molar-refractivity contribution in [2.45, 2.75) is 19.8 Å². The van der Waals surface area contributed by atoms with Gasteiger partial charge in [0, 0.05) is 5.22 Å². The Morgan fingerprint density at radius 1 is 1.50 bits per heavy atom. The van der Waals surface area contributed by atoms with Gasteiger partial charge in [-0.25, -0.2) is 0 Å². The molecular weight excluding hydrogens is 148 g/mol. The summed E-state index contributed by atoms with van der Waals surface area (Å²) in [6.07, 6.45) is 3.60. The van der Waals surface area contributed by atoms with E-state index in [0.29, 0.717) is 5.92 Å². The number of aromatic amines is 1. The highest BCUT2D eigenvalue weighted by Gasteiger charge is 2.02. The summed E-state index contributed by atoms with van der Waals surface area (Å²) in [4.78, 5) is 0. The van der Waals surface area contributed by atoms with Crippen molar-refractivity contribution in [1.29, 1.82) is 0 Å². The van der Waals surface area contributed by atoms with Gasteiger partial charge in [-0.1, -0.05) is 33.1 Å². The summed E-state index contributed by atoms with van der Waals surface area (Å²) in [6, 6.07) is 0. The van der Waals surface area contributed by atoms with E-state index in [1.54, 1.807) is 6.08 Å². The van der Waals surface area contributed by atoms with Gasteiger partial charge in [0.05, 0.1) is 11.0 Å². The van der Waals surface area contributed by atoms with E-state index in [9.17, 15) is 0 Å². The third-order valence-corrected chi connectivity index (χ3v) is 1.76. The maximum absolute atomic E-state index is 4.17. The first kappa shape index (κ1) is 8.78. The second kappa shape index (κ2) is 3.39. The highest BCUT2D eigenvalue weighted by Crippen LogP contribution is 2.02. The molecule has 0 spiro atoms. The van der Waals surface area contributed by atoms with Crippen molar-refractivity contribution in [2.24, 2.45) is 0 Å². The molecule has 1 heterocycles. The van der Waals surface area contributed by atoms with Gasteiger partial charge < -0.3 is 0 Å². The molecule has 0 atom stereocenters. The molecule has 2 heteroatoms. The molecule has 0 saturated heterocycles. The molecule has 2 nitrogen and oxygen atoms in total. The topological polar surface area (TPSA) is 28.7 Å². The van der Waals surface area contributed by atoms with E-state index in [2.05, 4.69) is 37.2 Å². The van der Waals surface area contributed by atoms with Crippen LogP contribution >= 0.6 is 0 Å². The Morgan fingerprint density at radius 3 is 2.58 bits per heavy atom. The van der Waals surface area contributed by atoms with Crippen molar-refractivity contribution in [3.63, 3.8) is 0 Å². The second-order valence-electron chi connectivity index (χ2n) is 3.06. The standard InChI is InChI=1S/C10H14N2/c1-5-6-9-8(4)10(7(2)3)12-11-9/h5-7,11H,1,4H2,2-3H3/b9-6+. The Labute approximate surface area is 72.3 Å². The van der Waals surface area contributed by atoms with Gasteiger partial charge in [0.15, 0.2) is 0 Å². The Balaban J connectivity index is 3.32. The van der Waals surface area contributed by atoms with Gasteiger partial charge in [0.2, 0.25) is 0 Å². The normalized spacial score (nSPS) is 12.4. The maximum Gasteiger partial charge on any atom is 0.0720 e. The van der Waals surface area contributed by atoms with Crippen molar-refractivity contribution in [3.8, 4) is 0 Å². The lowest BCUT2D eigenvalue weighted by Gasteiger charge is -1.95. The smallest absolute Gasteiger partial charge is 0.0720 e. The molecule has 1 aromatic heterocycles. The van der Waals surface area contributed by atoms with E-state index in [-0.39, 0.29) is 0 Å². The average molecular weight is 162 g/mol. The first-order chi connectivity index (χ1) is 5.66. The lowest BCUT2D eigenvalue weighted by Crippen LogP contribution is -2.23. The zero-order valence-corrected chi connectivity index (χ0v) is 7.59. The molecule has 0 saturated carbocycles. The van der Waals surface area contributed by atoms with Crippen LogP contribution in [0.4, 0.5) is 0 Å². The van der Waals surface area contributed by atoms with Gasteiger partial charge in [0.25, 0.3) is 0 Å². The molecule has 0 bridgehead atoms. The van der Waals surface area contributed by atoms with Crippen molar-refractivity contribution < 1.29 is 0 Å². The van der Waals surface area contributed by atoms with Crippen LogP contribution in [0.15, 0.2) is 12.7 Å². The van der Waals surface area contributed by atoms with Gasteiger partial charge >= 0.3 is 0 Å². The summed E-state index contributed by atoms with van der Waals surface area (Å²) in [5.41, 5.74) is 1.03. The molecule has 64 valence electrons. The van der Waals surface area contributed by atoms with Crippen LogP contribution in [-0.4, -0.2) is 10.2 Å². The third-order valence-electron chi connectivity index (χ3n) is 1.76. The van der Waals surface area contributed by atoms with Crippen molar-refractivity contribution in [3.05, 3.63) is 28.9 Å². The van der Waals surface area contributed by atoms with Crippen LogP contribution in [0.2, 0.25) is 0 Å². The van der Waals surface area contributed by atoms with Gasteiger partial charge in [-0.15, -0.1) is 0 Å². The van der Waals surface area contributed by atoms with Crippen molar-refractivity contribution in [1.82, 2.24) is 10.2 Å². The number of nitrogens with one attached hydrogen (secondary N) is 1. The fraction of sp³-hybridized carbons (Fsp3) is 0.300. The number of H-pyrrole nitrogens is 1. The lowest BCUT2D eigenvalue weighted by atomic mass is 10.1. The number of hydrogen-bond donors (Lipinski definition) is 1. The molecule has 0 aromatic carbocycles. The second-order valence-corrected chi connectivity index (χ2v) is 3.06. The van der Waals surface area contributed by atoms with E-state index in [4.69, 9.17) is 0 Å². The van der Waals surface area contributed by atoms with Gasteiger partial charge in [0.1, 0.15) is 0 Å². The lowest BCUT2D eigenvalue weighted by molar-refractivity contribution is 0.805. The largest absolute Gasteiger partial charge is 0.278 e. The van der Waals surface area contributed by atoms with Gasteiger partial charge in [-0.05, 0) is 12.0 Å². The molecular formula is C10H14N2. The van der Waals surface area contributed by atoms with Crippen LogP contribution in [0.5, 0.6) is 0 Å². The van der Waals surface area contributed by atoms with E-state index in [1.807, 2.05) is 6.08 Å². The fourth-order valence-corrected chi connectivity index (χ4v) is 1.13. The highest BCUT2D eigenvalue weighted by molar-refractivity contribution is 5.34. The SMILES string of the molecule is C=C/C=c1/[nH]nc(C(C)C)c1=C. The maximum atomic E-state index is 4.17. The van der Waals surface area contributed by atoms with E-state index in [0.717, 1.165) is 16.3 Å². The Morgan fingerprint density at radius 2 is 2.17 bits per heavy atom. The summed E-state index contributed by atoms with van der Waals surface area (Å²) in [7, 11) is 0. The quantitative estimate of drug-likeness (QED) is 0.688. The van der Waals surface area contributed by atoms with Crippen LogP contribution in [0.1, 0.15) is 25.5 Å². The summed E-state index contributed by atoms with van der Waals surface area (Å²) in [5.74, 6) is 0.417. The minimum absolute atomic E-state index is 0.417. The molecule has 1 aromatic rings. The van der Waals surface area contributed by atoms with Crippen LogP contribution in [0, 0.1) is 0 Å². The summed E-state index contributed by atoms with van der Waals surface area (Å²) in [5, 5.41) is 9.01. The molecule has 1 N–H and O–H groups in total. The number of aromatic nitrogens is 2. The first-order valence-electron chi connectivity index (χ1n) is 4.02. The number of hydrogen-bond acceptors (Lipinski definition) is 1. The molecule has 0 fully saturated rings. The summed E-state index contributed by atoms with van der Waals surface area (Å²) in [6.45, 7) is 11.8. The van der Waals surface area contributed by atoms with Crippen molar-refractivity contribution >= 4 is 12.7 Å². The van der Waals surface area contributed by atoms with Crippen LogP contribution in [-0.2, 0) is 0 Å². The third kappa shape index (κ3) is 1.47. The zero-order valence-electron chi connectivity index (χ0n) is 7.59. The van der Waals surface area contributed by atoms with Gasteiger partial charge in [-0.3, -0.25) is 5.10 Å². The molecule has 0 aliphatic heterocycles.